The zero-order chi connectivity index (χ0) is 8.23. The third-order valence-electron chi connectivity index (χ3n) is 0.967. The lowest BCUT2D eigenvalue weighted by Gasteiger charge is -1.88. The molecule has 0 aliphatic carbocycles. The van der Waals surface area contributed by atoms with Crippen LogP contribution in [0.1, 0.15) is 0 Å². The molecule has 9 heteroatoms. The maximum absolute atomic E-state index is 3.59. The summed E-state index contributed by atoms with van der Waals surface area (Å²) in [5.41, 5.74) is 0. The monoisotopic (exact) mass is 163 g/mol. The molecule has 0 unspecified atom stereocenters. The molecule has 58 valence electrons. The molecule has 2 rings (SSSR count). The third-order valence-corrected chi connectivity index (χ3v) is 0.967. The van der Waals surface area contributed by atoms with Crippen molar-refractivity contribution in [2.75, 3.05) is 0 Å². The van der Waals surface area contributed by atoms with E-state index in [4.69, 9.17) is 0 Å². The lowest BCUT2D eigenvalue weighted by atomic mass is 10.6. The van der Waals surface area contributed by atoms with Crippen LogP contribution in [0.4, 0.5) is 0 Å². The molecular formula is C3HN9. The molecule has 2 aromatic heterocycles. The largest absolute Gasteiger partial charge is 0.248 e. The molecule has 2 heterocycles. The van der Waals surface area contributed by atoms with Gasteiger partial charge in [-0.05, 0) is 15.6 Å². The van der Waals surface area contributed by atoms with Gasteiger partial charge in [0, 0.05) is 0 Å². The molecule has 0 saturated heterocycles. The quantitative estimate of drug-likeness (QED) is 0.466. The van der Waals surface area contributed by atoms with E-state index in [1.165, 1.54) is 6.33 Å². The Morgan fingerprint density at radius 2 is 1.25 bits per heavy atom. The van der Waals surface area contributed by atoms with Crippen molar-refractivity contribution in [2.24, 2.45) is 0 Å². The van der Waals surface area contributed by atoms with Gasteiger partial charge in [0.05, 0.1) is 0 Å². The molecule has 0 aliphatic heterocycles. The van der Waals surface area contributed by atoms with Gasteiger partial charge in [-0.2, -0.15) is 0 Å². The van der Waals surface area contributed by atoms with Gasteiger partial charge in [-0.1, -0.05) is 0 Å². The number of rotatable bonds is 1. The first-order chi connectivity index (χ1) is 5.97. The van der Waals surface area contributed by atoms with Gasteiger partial charge < -0.3 is 0 Å². The SMILES string of the molecule is c1nnc(-c2nnnnn2)nn1. The Labute approximate surface area is 65.3 Å². The third kappa shape index (κ3) is 1.14. The fourth-order valence-electron chi connectivity index (χ4n) is 0.546. The highest BCUT2D eigenvalue weighted by Crippen LogP contribution is 1.98. The van der Waals surface area contributed by atoms with Crippen molar-refractivity contribution in [3.63, 3.8) is 0 Å². The van der Waals surface area contributed by atoms with Gasteiger partial charge in [0.15, 0.2) is 6.33 Å². The molecule has 0 atom stereocenters. The molecule has 9 nitrogen and oxygen atoms in total. The van der Waals surface area contributed by atoms with Gasteiger partial charge in [-0.3, -0.25) is 0 Å². The van der Waals surface area contributed by atoms with Crippen molar-refractivity contribution >= 4 is 0 Å². The Kier molecular flexibility index (Phi) is 1.53. The van der Waals surface area contributed by atoms with E-state index in [2.05, 4.69) is 46.2 Å². The Balaban J connectivity index is 2.46. The van der Waals surface area contributed by atoms with Gasteiger partial charge in [-0.15, -0.1) is 30.6 Å². The number of hydrogen-bond donors (Lipinski definition) is 0. The molecule has 0 aromatic carbocycles. The van der Waals surface area contributed by atoms with Gasteiger partial charge >= 0.3 is 0 Å². The average Bonchev–Trinajstić information content (AvgIpc) is 2.21. The molecule has 0 saturated carbocycles. The molecule has 2 aromatic rings. The fraction of sp³-hybridized carbons (Fsp3) is 0. The van der Waals surface area contributed by atoms with Crippen LogP contribution in [0.15, 0.2) is 6.33 Å². The van der Waals surface area contributed by atoms with Crippen LogP contribution in [0.2, 0.25) is 0 Å². The van der Waals surface area contributed by atoms with Crippen molar-refractivity contribution < 1.29 is 0 Å². The highest BCUT2D eigenvalue weighted by atomic mass is 15.5. The van der Waals surface area contributed by atoms with E-state index in [0.717, 1.165) is 0 Å². The van der Waals surface area contributed by atoms with Gasteiger partial charge in [0.25, 0.3) is 0 Å². The summed E-state index contributed by atoms with van der Waals surface area (Å²) in [6.07, 6.45) is 1.20. The molecule has 0 bridgehead atoms. The van der Waals surface area contributed by atoms with Crippen molar-refractivity contribution in [1.29, 1.82) is 0 Å². The number of aromatic nitrogens is 9. The van der Waals surface area contributed by atoms with Crippen LogP contribution in [-0.4, -0.2) is 46.2 Å². The first-order valence-corrected chi connectivity index (χ1v) is 2.86. The zero-order valence-corrected chi connectivity index (χ0v) is 5.60. The van der Waals surface area contributed by atoms with Crippen LogP contribution < -0.4 is 0 Å². The summed E-state index contributed by atoms with van der Waals surface area (Å²) < 4.78 is 0. The lowest BCUT2D eigenvalue weighted by molar-refractivity contribution is 0.677. The molecule has 0 aliphatic rings. The number of nitrogens with zero attached hydrogens (tertiary/aromatic N) is 9. The summed E-state index contributed by atoms with van der Waals surface area (Å²) >= 11 is 0. The first kappa shape index (κ1) is 6.52. The summed E-state index contributed by atoms with van der Waals surface area (Å²) in [7, 11) is 0. The van der Waals surface area contributed by atoms with Crippen LogP contribution in [0.3, 0.4) is 0 Å². The van der Waals surface area contributed by atoms with Crippen LogP contribution in [-0.2, 0) is 0 Å². The summed E-state index contributed by atoms with van der Waals surface area (Å²) in [6, 6.07) is 0. The van der Waals surface area contributed by atoms with Gasteiger partial charge in [-0.25, -0.2) is 0 Å². The van der Waals surface area contributed by atoms with Crippen LogP contribution in [0.25, 0.3) is 11.6 Å². The van der Waals surface area contributed by atoms with E-state index in [1.807, 2.05) is 0 Å². The minimum atomic E-state index is 0.144. The van der Waals surface area contributed by atoms with E-state index in [0.29, 0.717) is 0 Å². The Bertz CT molecular complexity index is 307. The minimum absolute atomic E-state index is 0.144. The van der Waals surface area contributed by atoms with E-state index in [-0.39, 0.29) is 11.6 Å². The van der Waals surface area contributed by atoms with Crippen LogP contribution >= 0.6 is 0 Å². The highest BCUT2D eigenvalue weighted by Gasteiger charge is 2.04. The van der Waals surface area contributed by atoms with E-state index >= 15 is 0 Å². The normalized spacial score (nSPS) is 9.67. The maximum Gasteiger partial charge on any atom is 0.248 e. The average molecular weight is 163 g/mol. The fourth-order valence-corrected chi connectivity index (χ4v) is 0.546. The van der Waals surface area contributed by atoms with Crippen molar-refractivity contribution in [1.82, 2.24) is 46.2 Å². The van der Waals surface area contributed by atoms with Crippen LogP contribution in [0.5, 0.6) is 0 Å². The second-order valence-corrected chi connectivity index (χ2v) is 1.66. The van der Waals surface area contributed by atoms with E-state index in [1.54, 1.807) is 0 Å². The van der Waals surface area contributed by atoms with Crippen molar-refractivity contribution in [3.05, 3.63) is 6.33 Å². The smallest absolute Gasteiger partial charge is 0.135 e. The summed E-state index contributed by atoms with van der Waals surface area (Å²) in [4.78, 5) is 0. The summed E-state index contributed by atoms with van der Waals surface area (Å²) in [5, 5.41) is 30.8. The first-order valence-electron chi connectivity index (χ1n) is 2.86. The second kappa shape index (κ2) is 2.82. The molecule has 0 spiro atoms. The second-order valence-electron chi connectivity index (χ2n) is 1.66. The van der Waals surface area contributed by atoms with E-state index < -0.39 is 0 Å². The highest BCUT2D eigenvalue weighted by molar-refractivity contribution is 5.37. The lowest BCUT2D eigenvalue weighted by Crippen LogP contribution is -2.02. The molecular weight excluding hydrogens is 162 g/mol. The predicted molar refractivity (Wildman–Crippen MR) is 32.0 cm³/mol. The number of hydrogen-bond acceptors (Lipinski definition) is 9. The van der Waals surface area contributed by atoms with Crippen molar-refractivity contribution in [2.45, 2.75) is 0 Å². The molecule has 0 amide bonds. The topological polar surface area (TPSA) is 116 Å². The van der Waals surface area contributed by atoms with Crippen LogP contribution in [0, 0.1) is 0 Å². The molecule has 0 N–H and O–H groups in total. The Hall–Kier alpha value is -2.19. The summed E-state index contributed by atoms with van der Waals surface area (Å²) in [6.45, 7) is 0. The van der Waals surface area contributed by atoms with Crippen molar-refractivity contribution in [3.8, 4) is 11.6 Å². The molecule has 0 fully saturated rings. The minimum Gasteiger partial charge on any atom is -0.135 e. The van der Waals surface area contributed by atoms with E-state index in [9.17, 15) is 0 Å². The standard InChI is InChI=1S/C3HN9/c1-4-6-2(7-5-1)3-8-10-12-11-9-3/h1H. The maximum atomic E-state index is 3.59. The Morgan fingerprint density at radius 3 is 1.92 bits per heavy atom. The van der Waals surface area contributed by atoms with Gasteiger partial charge in [0.2, 0.25) is 11.6 Å². The summed E-state index contributed by atoms with van der Waals surface area (Å²) in [5.74, 6) is 0.311. The molecule has 0 radical (unpaired) electrons. The predicted octanol–water partition coefficient (Wildman–Crippen LogP) is -2.09. The zero-order valence-electron chi connectivity index (χ0n) is 5.60. The van der Waals surface area contributed by atoms with Gasteiger partial charge in [0.1, 0.15) is 0 Å². The molecule has 12 heavy (non-hydrogen) atoms. The Morgan fingerprint density at radius 1 is 0.667 bits per heavy atom.